The maximum atomic E-state index is 11.6. The highest BCUT2D eigenvalue weighted by Gasteiger charge is 2.19. The average molecular weight is 277 g/mol. The van der Waals surface area contributed by atoms with Crippen LogP contribution >= 0.6 is 0 Å². The quantitative estimate of drug-likeness (QED) is 0.768. The molecule has 2 heterocycles. The number of rotatable bonds is 5. The Morgan fingerprint density at radius 3 is 2.70 bits per heavy atom. The van der Waals surface area contributed by atoms with E-state index in [0.717, 1.165) is 23.6 Å². The highest BCUT2D eigenvalue weighted by Crippen LogP contribution is 2.12. The van der Waals surface area contributed by atoms with E-state index in [1.54, 1.807) is 4.68 Å². The van der Waals surface area contributed by atoms with Gasteiger partial charge in [0.15, 0.2) is 5.69 Å². The number of hydrogen-bond acceptors (Lipinski definition) is 5. The van der Waals surface area contributed by atoms with Crippen LogP contribution in [-0.2, 0) is 24.2 Å². The molecule has 7 nitrogen and oxygen atoms in total. The number of carbonyl (C=O) groups is 1. The van der Waals surface area contributed by atoms with Crippen molar-refractivity contribution >= 4 is 5.97 Å². The van der Waals surface area contributed by atoms with E-state index in [-0.39, 0.29) is 5.69 Å². The second kappa shape index (κ2) is 5.85. The molecule has 0 unspecified atom stereocenters. The highest BCUT2D eigenvalue weighted by molar-refractivity contribution is 5.88. The first-order chi connectivity index (χ1) is 9.60. The Kier molecular flexibility index (Phi) is 4.16. The maximum absolute atomic E-state index is 11.6. The minimum Gasteiger partial charge on any atom is -0.464 e. The molecule has 0 aliphatic rings. The summed E-state index contributed by atoms with van der Waals surface area (Å²) in [5, 5.41) is 12.4. The summed E-state index contributed by atoms with van der Waals surface area (Å²) in [6, 6.07) is 2.02. The lowest BCUT2D eigenvalue weighted by Gasteiger charge is -2.07. The van der Waals surface area contributed by atoms with Gasteiger partial charge in [0.05, 0.1) is 30.7 Å². The van der Waals surface area contributed by atoms with E-state index in [4.69, 9.17) is 4.74 Å². The Morgan fingerprint density at radius 2 is 2.10 bits per heavy atom. The summed E-state index contributed by atoms with van der Waals surface area (Å²) >= 11 is 0. The molecule has 7 heteroatoms. The van der Waals surface area contributed by atoms with Crippen molar-refractivity contribution < 1.29 is 9.53 Å². The summed E-state index contributed by atoms with van der Waals surface area (Å²) in [6.45, 7) is 7.30. The SMILES string of the molecule is CCc1c(C(=O)OC)nnn1Cc1cc(C)nn1CC. The topological polar surface area (TPSA) is 74.8 Å². The van der Waals surface area contributed by atoms with Gasteiger partial charge < -0.3 is 4.74 Å². The highest BCUT2D eigenvalue weighted by atomic mass is 16.5. The van der Waals surface area contributed by atoms with Gasteiger partial charge in [0.2, 0.25) is 0 Å². The largest absolute Gasteiger partial charge is 0.464 e. The number of hydrogen-bond donors (Lipinski definition) is 0. The zero-order valence-corrected chi connectivity index (χ0v) is 12.3. The molecule has 0 saturated heterocycles. The molecule has 0 aliphatic heterocycles. The standard InChI is InChI=1S/C13H19N5O2/c1-5-11-12(13(19)20-4)14-16-18(11)8-10-7-9(3)15-17(10)6-2/h7H,5-6,8H2,1-4H3. The van der Waals surface area contributed by atoms with Crippen molar-refractivity contribution in [1.82, 2.24) is 24.8 Å². The van der Waals surface area contributed by atoms with E-state index in [0.29, 0.717) is 13.0 Å². The van der Waals surface area contributed by atoms with Crippen LogP contribution in [0.5, 0.6) is 0 Å². The molecular formula is C13H19N5O2. The van der Waals surface area contributed by atoms with Crippen LogP contribution in [0.2, 0.25) is 0 Å². The number of methoxy groups -OCH3 is 1. The third-order valence-electron chi connectivity index (χ3n) is 3.15. The smallest absolute Gasteiger partial charge is 0.360 e. The summed E-state index contributed by atoms with van der Waals surface area (Å²) in [5.74, 6) is -0.451. The zero-order chi connectivity index (χ0) is 14.7. The first-order valence-electron chi connectivity index (χ1n) is 6.64. The Balaban J connectivity index is 2.34. The van der Waals surface area contributed by atoms with Gasteiger partial charge in [-0.25, -0.2) is 9.48 Å². The first-order valence-corrected chi connectivity index (χ1v) is 6.64. The second-order valence-electron chi connectivity index (χ2n) is 4.48. The van der Waals surface area contributed by atoms with Gasteiger partial charge in [-0.1, -0.05) is 12.1 Å². The van der Waals surface area contributed by atoms with Crippen molar-refractivity contribution in [3.8, 4) is 0 Å². The average Bonchev–Trinajstić information content (AvgIpc) is 3.01. The molecule has 2 aromatic heterocycles. The number of carbonyl (C=O) groups excluding carboxylic acids is 1. The predicted octanol–water partition coefficient (Wildman–Crippen LogP) is 1.20. The third kappa shape index (κ3) is 2.56. The molecule has 0 saturated carbocycles. The predicted molar refractivity (Wildman–Crippen MR) is 72.5 cm³/mol. The molecule has 0 aromatic carbocycles. The van der Waals surface area contributed by atoms with Gasteiger partial charge in [-0.3, -0.25) is 4.68 Å². The summed E-state index contributed by atoms with van der Waals surface area (Å²) in [5.41, 5.74) is 3.07. The lowest BCUT2D eigenvalue weighted by atomic mass is 10.2. The van der Waals surface area contributed by atoms with Crippen molar-refractivity contribution in [3.63, 3.8) is 0 Å². The monoisotopic (exact) mass is 277 g/mol. The molecule has 0 amide bonds. The van der Waals surface area contributed by atoms with E-state index in [1.165, 1.54) is 7.11 Å². The molecule has 0 fully saturated rings. The van der Waals surface area contributed by atoms with Crippen molar-refractivity contribution in [3.05, 3.63) is 28.8 Å². The van der Waals surface area contributed by atoms with Crippen LogP contribution in [0.3, 0.4) is 0 Å². The van der Waals surface area contributed by atoms with Gasteiger partial charge in [-0.15, -0.1) is 5.10 Å². The van der Waals surface area contributed by atoms with Crippen molar-refractivity contribution in [2.75, 3.05) is 7.11 Å². The van der Waals surface area contributed by atoms with Crippen LogP contribution in [0.1, 0.15) is 41.4 Å². The number of esters is 1. The zero-order valence-electron chi connectivity index (χ0n) is 12.3. The lowest BCUT2D eigenvalue weighted by molar-refractivity contribution is 0.0592. The van der Waals surface area contributed by atoms with Gasteiger partial charge in [-0.2, -0.15) is 5.10 Å². The molecule has 0 radical (unpaired) electrons. The van der Waals surface area contributed by atoms with Crippen molar-refractivity contribution in [1.29, 1.82) is 0 Å². The van der Waals surface area contributed by atoms with E-state index in [9.17, 15) is 4.79 Å². The summed E-state index contributed by atoms with van der Waals surface area (Å²) in [6.07, 6.45) is 0.663. The second-order valence-corrected chi connectivity index (χ2v) is 4.48. The van der Waals surface area contributed by atoms with Crippen LogP contribution in [-0.4, -0.2) is 37.9 Å². The minimum atomic E-state index is -0.451. The number of nitrogens with zero attached hydrogens (tertiary/aromatic N) is 5. The van der Waals surface area contributed by atoms with Gasteiger partial charge in [0, 0.05) is 6.54 Å². The molecule has 0 aliphatic carbocycles. The molecule has 0 N–H and O–H groups in total. The van der Waals surface area contributed by atoms with E-state index < -0.39 is 5.97 Å². The molecule has 20 heavy (non-hydrogen) atoms. The van der Waals surface area contributed by atoms with Crippen LogP contribution in [0.4, 0.5) is 0 Å². The molecule has 0 bridgehead atoms. The van der Waals surface area contributed by atoms with Crippen LogP contribution in [0.25, 0.3) is 0 Å². The summed E-state index contributed by atoms with van der Waals surface area (Å²) < 4.78 is 8.37. The fraction of sp³-hybridized carbons (Fsp3) is 0.538. The van der Waals surface area contributed by atoms with Crippen LogP contribution in [0.15, 0.2) is 6.07 Å². The number of aromatic nitrogens is 5. The van der Waals surface area contributed by atoms with Gasteiger partial charge in [-0.05, 0) is 26.3 Å². The molecule has 2 rings (SSSR count). The van der Waals surface area contributed by atoms with E-state index >= 15 is 0 Å². The Morgan fingerprint density at radius 1 is 1.35 bits per heavy atom. The minimum absolute atomic E-state index is 0.286. The fourth-order valence-corrected chi connectivity index (χ4v) is 2.22. The Labute approximate surface area is 117 Å². The summed E-state index contributed by atoms with van der Waals surface area (Å²) in [4.78, 5) is 11.6. The maximum Gasteiger partial charge on any atom is 0.360 e. The lowest BCUT2D eigenvalue weighted by Crippen LogP contribution is -2.12. The van der Waals surface area contributed by atoms with E-state index in [2.05, 4.69) is 15.4 Å². The van der Waals surface area contributed by atoms with E-state index in [1.807, 2.05) is 31.5 Å². The third-order valence-corrected chi connectivity index (χ3v) is 3.15. The Hall–Kier alpha value is -2.18. The number of aryl methyl sites for hydroxylation is 2. The van der Waals surface area contributed by atoms with Gasteiger partial charge >= 0.3 is 5.97 Å². The molecule has 0 atom stereocenters. The van der Waals surface area contributed by atoms with Gasteiger partial charge in [0.1, 0.15) is 0 Å². The molecule has 108 valence electrons. The normalized spacial score (nSPS) is 10.8. The van der Waals surface area contributed by atoms with Crippen LogP contribution < -0.4 is 0 Å². The molecular weight excluding hydrogens is 258 g/mol. The summed E-state index contributed by atoms with van der Waals surface area (Å²) in [7, 11) is 1.34. The van der Waals surface area contributed by atoms with Crippen molar-refractivity contribution in [2.45, 2.75) is 40.3 Å². The van der Waals surface area contributed by atoms with Crippen molar-refractivity contribution in [2.24, 2.45) is 0 Å². The first kappa shape index (κ1) is 14.2. The Bertz CT molecular complexity index is 614. The van der Waals surface area contributed by atoms with Gasteiger partial charge in [0.25, 0.3) is 0 Å². The fourth-order valence-electron chi connectivity index (χ4n) is 2.22. The molecule has 0 spiro atoms. The number of ether oxygens (including phenoxy) is 1. The molecule has 2 aromatic rings. The van der Waals surface area contributed by atoms with Crippen LogP contribution in [0, 0.1) is 6.92 Å².